The van der Waals surface area contributed by atoms with Gasteiger partial charge in [0, 0.05) is 61.4 Å². The van der Waals surface area contributed by atoms with Crippen LogP contribution in [-0.2, 0) is 6.54 Å². The van der Waals surface area contributed by atoms with Crippen molar-refractivity contribution in [2.24, 2.45) is 0 Å². The Labute approximate surface area is 215 Å². The van der Waals surface area contributed by atoms with E-state index in [1.54, 1.807) is 30.1 Å². The summed E-state index contributed by atoms with van der Waals surface area (Å²) in [5.41, 5.74) is 1.93. The van der Waals surface area contributed by atoms with Crippen molar-refractivity contribution >= 4 is 38.6 Å². The molecule has 0 unspecified atom stereocenters. The summed E-state index contributed by atoms with van der Waals surface area (Å²) in [7, 11) is 1.72. The fourth-order valence-corrected chi connectivity index (χ4v) is 5.33. The fraction of sp³-hybridized carbons (Fsp3) is 0.269. The zero-order chi connectivity index (χ0) is 26.1. The third kappa shape index (κ3) is 4.90. The maximum atomic E-state index is 13.4. The Morgan fingerprint density at radius 3 is 2.57 bits per heavy atom. The second kappa shape index (κ2) is 10.2. The van der Waals surface area contributed by atoms with Gasteiger partial charge in [-0.3, -0.25) is 4.79 Å². The number of aromatic nitrogens is 2. The number of benzene rings is 2. The summed E-state index contributed by atoms with van der Waals surface area (Å²) in [5, 5.41) is 14.4. The van der Waals surface area contributed by atoms with Crippen LogP contribution in [0.3, 0.4) is 0 Å². The SMILES string of the molecule is CN(c1nc(-c2ccc(F)cc2)c(C#N)s1)c1cn(CC(F)F)c(=O)c2ccc(N3CCNCC3)cc12. The summed E-state index contributed by atoms with van der Waals surface area (Å²) in [6, 6.07) is 13.3. The predicted molar refractivity (Wildman–Crippen MR) is 140 cm³/mol. The molecule has 5 rings (SSSR count). The van der Waals surface area contributed by atoms with Crippen LogP contribution in [0.4, 0.5) is 29.7 Å². The molecule has 11 heteroatoms. The number of pyridine rings is 1. The maximum absolute atomic E-state index is 13.4. The monoisotopic (exact) mass is 524 g/mol. The minimum Gasteiger partial charge on any atom is -0.369 e. The second-order valence-corrected chi connectivity index (χ2v) is 9.66. The molecule has 0 atom stereocenters. The third-order valence-electron chi connectivity index (χ3n) is 6.35. The van der Waals surface area contributed by atoms with Gasteiger partial charge in [-0.1, -0.05) is 11.3 Å². The molecule has 190 valence electrons. The van der Waals surface area contributed by atoms with Gasteiger partial charge in [0.15, 0.2) is 5.13 Å². The first-order valence-corrected chi connectivity index (χ1v) is 12.5. The number of nitrogens with one attached hydrogen (secondary N) is 1. The standard InChI is InChI=1S/C26H23F3N6OS/c1-33(26-32-24(22(13-30)37-26)16-2-4-17(27)5-3-16)21-14-35(15-23(28)29)25(36)19-7-6-18(12-20(19)21)34-10-8-31-9-11-34/h2-7,12,14,23,31H,8-11,15H2,1H3. The van der Waals surface area contributed by atoms with E-state index < -0.39 is 24.3 Å². The van der Waals surface area contributed by atoms with Crippen molar-refractivity contribution < 1.29 is 13.2 Å². The smallest absolute Gasteiger partial charge is 0.258 e. The van der Waals surface area contributed by atoms with E-state index in [0.29, 0.717) is 37.7 Å². The molecule has 2 aromatic heterocycles. The van der Waals surface area contributed by atoms with Crippen LogP contribution in [0.5, 0.6) is 0 Å². The van der Waals surface area contributed by atoms with Gasteiger partial charge in [-0.15, -0.1) is 0 Å². The number of alkyl halides is 2. The minimum absolute atomic E-state index is 0.319. The van der Waals surface area contributed by atoms with E-state index in [9.17, 15) is 23.2 Å². The lowest BCUT2D eigenvalue weighted by atomic mass is 10.1. The number of nitriles is 1. The molecule has 2 aromatic carbocycles. The van der Waals surface area contributed by atoms with E-state index in [1.165, 1.54) is 18.3 Å². The van der Waals surface area contributed by atoms with Crippen molar-refractivity contribution in [3.63, 3.8) is 0 Å². The molecule has 0 bridgehead atoms. The van der Waals surface area contributed by atoms with Gasteiger partial charge in [0.25, 0.3) is 12.0 Å². The summed E-state index contributed by atoms with van der Waals surface area (Å²) in [5.74, 6) is -0.400. The topological polar surface area (TPSA) is 77.2 Å². The Balaban J connectivity index is 1.65. The molecule has 1 N–H and O–H groups in total. The fourth-order valence-electron chi connectivity index (χ4n) is 4.47. The van der Waals surface area contributed by atoms with Crippen LogP contribution in [0, 0.1) is 17.1 Å². The Morgan fingerprint density at radius 1 is 1.16 bits per heavy atom. The molecule has 0 radical (unpaired) electrons. The van der Waals surface area contributed by atoms with Crippen molar-refractivity contribution in [2.75, 3.05) is 43.0 Å². The van der Waals surface area contributed by atoms with Gasteiger partial charge in [0.2, 0.25) is 0 Å². The average Bonchev–Trinajstić information content (AvgIpc) is 3.35. The zero-order valence-electron chi connectivity index (χ0n) is 19.9. The highest BCUT2D eigenvalue weighted by Crippen LogP contribution is 2.38. The number of anilines is 3. The van der Waals surface area contributed by atoms with Crippen molar-refractivity contribution in [1.29, 1.82) is 5.26 Å². The molecule has 3 heterocycles. The van der Waals surface area contributed by atoms with Gasteiger partial charge >= 0.3 is 0 Å². The second-order valence-electron chi connectivity index (χ2n) is 8.68. The van der Waals surface area contributed by atoms with E-state index in [0.717, 1.165) is 47.8 Å². The van der Waals surface area contributed by atoms with Crippen LogP contribution in [0.2, 0.25) is 0 Å². The number of piperazine rings is 1. The summed E-state index contributed by atoms with van der Waals surface area (Å²) >= 11 is 1.13. The Kier molecular flexibility index (Phi) is 6.86. The molecule has 0 amide bonds. The molecular formula is C26H23F3N6OS. The van der Waals surface area contributed by atoms with Crippen LogP contribution >= 0.6 is 11.3 Å². The van der Waals surface area contributed by atoms with Gasteiger partial charge in [0.05, 0.1) is 12.2 Å². The lowest BCUT2D eigenvalue weighted by Crippen LogP contribution is -2.43. The third-order valence-corrected chi connectivity index (χ3v) is 7.39. The number of hydrogen-bond donors (Lipinski definition) is 1. The molecule has 4 aromatic rings. The molecule has 0 saturated carbocycles. The quantitative estimate of drug-likeness (QED) is 0.398. The lowest BCUT2D eigenvalue weighted by molar-refractivity contribution is 0.125. The van der Waals surface area contributed by atoms with Crippen molar-refractivity contribution in [2.45, 2.75) is 13.0 Å². The van der Waals surface area contributed by atoms with Gasteiger partial charge < -0.3 is 19.7 Å². The van der Waals surface area contributed by atoms with Gasteiger partial charge in [-0.2, -0.15) is 5.26 Å². The van der Waals surface area contributed by atoms with Crippen LogP contribution in [0.25, 0.3) is 22.0 Å². The Bertz CT molecular complexity index is 1540. The summed E-state index contributed by atoms with van der Waals surface area (Å²) in [4.78, 5) is 21.9. The van der Waals surface area contributed by atoms with E-state index in [-0.39, 0.29) is 0 Å². The van der Waals surface area contributed by atoms with Gasteiger partial charge in [-0.25, -0.2) is 18.2 Å². The van der Waals surface area contributed by atoms with Crippen molar-refractivity contribution in [3.8, 4) is 17.3 Å². The summed E-state index contributed by atoms with van der Waals surface area (Å²) in [6.07, 6.45) is -1.29. The first kappa shape index (κ1) is 24.8. The predicted octanol–water partition coefficient (Wildman–Crippen LogP) is 4.58. The average molecular weight is 525 g/mol. The van der Waals surface area contributed by atoms with E-state index >= 15 is 0 Å². The minimum atomic E-state index is -2.71. The highest BCUT2D eigenvalue weighted by atomic mass is 32.1. The molecule has 0 aliphatic carbocycles. The van der Waals surface area contributed by atoms with E-state index in [4.69, 9.17) is 0 Å². The van der Waals surface area contributed by atoms with Gasteiger partial charge in [-0.05, 0) is 42.5 Å². The molecule has 1 aliphatic rings. The van der Waals surface area contributed by atoms with Crippen molar-refractivity contribution in [1.82, 2.24) is 14.9 Å². The number of nitrogens with zero attached hydrogens (tertiary/aromatic N) is 5. The molecule has 0 spiro atoms. The van der Waals surface area contributed by atoms with Crippen LogP contribution in [0.15, 0.2) is 53.5 Å². The lowest BCUT2D eigenvalue weighted by Gasteiger charge is -2.30. The first-order valence-electron chi connectivity index (χ1n) is 11.7. The molecule has 1 aliphatic heterocycles. The largest absolute Gasteiger partial charge is 0.369 e. The number of thiazole rings is 1. The maximum Gasteiger partial charge on any atom is 0.258 e. The van der Waals surface area contributed by atoms with Crippen molar-refractivity contribution in [3.05, 3.63) is 69.7 Å². The molecule has 1 saturated heterocycles. The Morgan fingerprint density at radius 2 is 1.89 bits per heavy atom. The van der Waals surface area contributed by atoms with Crippen LogP contribution < -0.4 is 20.7 Å². The molecular weight excluding hydrogens is 501 g/mol. The molecule has 1 fully saturated rings. The number of halogens is 3. The highest BCUT2D eigenvalue weighted by molar-refractivity contribution is 7.16. The number of rotatable bonds is 6. The molecule has 37 heavy (non-hydrogen) atoms. The molecule has 7 nitrogen and oxygen atoms in total. The number of hydrogen-bond acceptors (Lipinski definition) is 7. The highest BCUT2D eigenvalue weighted by Gasteiger charge is 2.21. The van der Waals surface area contributed by atoms with Gasteiger partial charge in [0.1, 0.15) is 22.5 Å². The van der Waals surface area contributed by atoms with Crippen LogP contribution in [0.1, 0.15) is 4.88 Å². The van der Waals surface area contributed by atoms with Crippen LogP contribution in [-0.4, -0.2) is 49.2 Å². The summed E-state index contributed by atoms with van der Waals surface area (Å²) in [6.45, 7) is 2.54. The Hall–Kier alpha value is -3.88. The number of fused-ring (bicyclic) bond motifs is 1. The van der Waals surface area contributed by atoms with E-state index in [1.807, 2.05) is 12.1 Å². The normalized spacial score (nSPS) is 13.8. The summed E-state index contributed by atoms with van der Waals surface area (Å²) < 4.78 is 41.1. The van der Waals surface area contributed by atoms with E-state index in [2.05, 4.69) is 21.3 Å². The zero-order valence-corrected chi connectivity index (χ0v) is 20.7. The first-order chi connectivity index (χ1) is 17.9.